The number of halogens is 1. The number of hydrogen-bond donors (Lipinski definition) is 2. The topological polar surface area (TPSA) is 83.8 Å². The second-order valence-corrected chi connectivity index (χ2v) is 5.82. The fraction of sp³-hybridized carbons (Fsp3) is 0.214. The van der Waals surface area contributed by atoms with E-state index in [4.69, 9.17) is 16.3 Å². The Morgan fingerprint density at radius 1 is 1.55 bits per heavy atom. The maximum absolute atomic E-state index is 11.4. The number of aromatic hydroxyl groups is 1. The highest BCUT2D eigenvalue weighted by atomic mass is 35.5. The Kier molecular flexibility index (Phi) is 4.99. The number of thiazole rings is 1. The number of ether oxygens (including phenoxy) is 1. The molecule has 2 aromatic rings. The number of hydrogen-bond acceptors (Lipinski definition) is 7. The number of nitrogens with one attached hydrogen (secondary N) is 1. The van der Waals surface area contributed by atoms with E-state index in [-0.39, 0.29) is 22.3 Å². The molecule has 8 heteroatoms. The number of carbonyl (C=O) groups excluding carboxylic acids is 1. The highest BCUT2D eigenvalue weighted by Gasteiger charge is 2.11. The molecule has 0 aliphatic heterocycles. The summed E-state index contributed by atoms with van der Waals surface area (Å²) in [5.41, 5.74) is 4.08. The summed E-state index contributed by atoms with van der Waals surface area (Å²) in [5.74, 6) is 0.121. The zero-order valence-corrected chi connectivity index (χ0v) is 13.7. The Balaban J connectivity index is 2.14. The van der Waals surface area contributed by atoms with E-state index >= 15 is 0 Å². The number of phenols is 1. The van der Waals surface area contributed by atoms with Gasteiger partial charge in [-0.25, -0.2) is 4.98 Å². The number of aryl methyl sites for hydroxylation is 1. The first-order valence-electron chi connectivity index (χ1n) is 6.26. The molecule has 0 aliphatic rings. The number of hydrazone groups is 1. The first kappa shape index (κ1) is 16.3. The van der Waals surface area contributed by atoms with Gasteiger partial charge in [-0.1, -0.05) is 22.9 Å². The summed E-state index contributed by atoms with van der Waals surface area (Å²) in [7, 11) is 1.44. The largest absolute Gasteiger partial charge is 0.503 e. The minimum absolute atomic E-state index is 0.0258. The van der Waals surface area contributed by atoms with Crippen LogP contribution in [0.25, 0.3) is 0 Å². The molecule has 0 radical (unpaired) electrons. The summed E-state index contributed by atoms with van der Waals surface area (Å²) in [5, 5.41) is 14.4. The van der Waals surface area contributed by atoms with Gasteiger partial charge in [-0.15, -0.1) is 0 Å². The number of methoxy groups -OCH3 is 1. The molecule has 6 nitrogen and oxygen atoms in total. The molecule has 0 spiro atoms. The van der Waals surface area contributed by atoms with Crippen LogP contribution in [0.5, 0.6) is 11.5 Å². The molecule has 0 bridgehead atoms. The van der Waals surface area contributed by atoms with Crippen LogP contribution in [0.3, 0.4) is 0 Å². The van der Waals surface area contributed by atoms with Gasteiger partial charge in [-0.3, -0.25) is 10.2 Å². The summed E-state index contributed by atoms with van der Waals surface area (Å²) in [4.78, 5) is 16.2. The van der Waals surface area contributed by atoms with Gasteiger partial charge in [-0.2, -0.15) is 5.10 Å². The van der Waals surface area contributed by atoms with Crippen LogP contribution in [0.15, 0.2) is 17.2 Å². The quantitative estimate of drug-likeness (QED) is 0.495. The zero-order valence-electron chi connectivity index (χ0n) is 12.2. The van der Waals surface area contributed by atoms with E-state index in [1.54, 1.807) is 19.1 Å². The van der Waals surface area contributed by atoms with Gasteiger partial charge in [0.15, 0.2) is 17.3 Å². The highest BCUT2D eigenvalue weighted by molar-refractivity contribution is 7.17. The van der Waals surface area contributed by atoms with Crippen LogP contribution in [0.4, 0.5) is 5.13 Å². The lowest BCUT2D eigenvalue weighted by Crippen LogP contribution is -1.92. The summed E-state index contributed by atoms with van der Waals surface area (Å²) in [6.45, 7) is 3.27. The first-order chi connectivity index (χ1) is 10.4. The monoisotopic (exact) mass is 339 g/mol. The lowest BCUT2D eigenvalue weighted by molar-refractivity contribution is 0.102. The van der Waals surface area contributed by atoms with E-state index in [2.05, 4.69) is 15.5 Å². The van der Waals surface area contributed by atoms with Crippen molar-refractivity contribution in [2.24, 2.45) is 5.10 Å². The van der Waals surface area contributed by atoms with Gasteiger partial charge in [0.2, 0.25) is 5.13 Å². The molecule has 0 saturated heterocycles. The molecule has 116 valence electrons. The van der Waals surface area contributed by atoms with Crippen molar-refractivity contribution in [3.8, 4) is 11.5 Å². The summed E-state index contributed by atoms with van der Waals surface area (Å²) < 4.78 is 5.01. The molecular formula is C14H14ClN3O3S. The molecule has 1 heterocycles. The average Bonchev–Trinajstić information content (AvgIpc) is 2.83. The molecule has 2 rings (SSSR count). The van der Waals surface area contributed by atoms with Gasteiger partial charge in [0, 0.05) is 6.92 Å². The molecule has 22 heavy (non-hydrogen) atoms. The fourth-order valence-corrected chi connectivity index (χ4v) is 2.79. The van der Waals surface area contributed by atoms with Crippen LogP contribution >= 0.6 is 22.9 Å². The smallest absolute Gasteiger partial charge is 0.204 e. The Morgan fingerprint density at radius 2 is 2.27 bits per heavy atom. The Bertz CT molecular complexity index is 743. The van der Waals surface area contributed by atoms with Gasteiger partial charge >= 0.3 is 0 Å². The van der Waals surface area contributed by atoms with Gasteiger partial charge in [0.05, 0.1) is 28.9 Å². The number of Topliss-reactive ketones (excluding diaryl/α,β-unsaturated/α-hetero) is 1. The van der Waals surface area contributed by atoms with Crippen molar-refractivity contribution < 1.29 is 14.6 Å². The van der Waals surface area contributed by atoms with E-state index in [0.29, 0.717) is 21.3 Å². The Morgan fingerprint density at radius 3 is 2.86 bits per heavy atom. The number of benzene rings is 1. The van der Waals surface area contributed by atoms with Crippen molar-refractivity contribution in [3.63, 3.8) is 0 Å². The molecule has 0 aliphatic carbocycles. The fourth-order valence-electron chi connectivity index (χ4n) is 1.76. The minimum Gasteiger partial charge on any atom is -0.503 e. The molecular weight excluding hydrogens is 326 g/mol. The summed E-state index contributed by atoms with van der Waals surface area (Å²) >= 11 is 7.13. The minimum atomic E-state index is -0.115. The molecule has 0 saturated carbocycles. The third kappa shape index (κ3) is 3.55. The van der Waals surface area contributed by atoms with Crippen molar-refractivity contribution in [2.45, 2.75) is 13.8 Å². The number of aromatic nitrogens is 1. The van der Waals surface area contributed by atoms with Crippen LogP contribution in [0.1, 0.15) is 27.9 Å². The van der Waals surface area contributed by atoms with Gasteiger partial charge in [0.1, 0.15) is 0 Å². The molecule has 0 unspecified atom stereocenters. The number of phenolic OH excluding ortho intramolecular Hbond substituents is 1. The van der Waals surface area contributed by atoms with Crippen LogP contribution in [0, 0.1) is 6.92 Å². The molecule has 2 N–H and O–H groups in total. The Hall–Kier alpha value is -2.12. The molecule has 0 atom stereocenters. The van der Waals surface area contributed by atoms with Crippen molar-refractivity contribution in [2.75, 3.05) is 12.5 Å². The van der Waals surface area contributed by atoms with Crippen molar-refractivity contribution in [3.05, 3.63) is 33.3 Å². The van der Waals surface area contributed by atoms with E-state index in [0.717, 1.165) is 0 Å². The highest BCUT2D eigenvalue weighted by Crippen LogP contribution is 2.34. The molecule has 1 aromatic heterocycles. The first-order valence-corrected chi connectivity index (χ1v) is 7.45. The van der Waals surface area contributed by atoms with Crippen LogP contribution < -0.4 is 10.2 Å². The third-order valence-corrected chi connectivity index (χ3v) is 4.21. The predicted molar refractivity (Wildman–Crippen MR) is 87.7 cm³/mol. The second kappa shape index (κ2) is 6.76. The predicted octanol–water partition coefficient (Wildman–Crippen LogP) is 3.47. The molecule has 0 fully saturated rings. The van der Waals surface area contributed by atoms with Gasteiger partial charge in [0.25, 0.3) is 0 Å². The maximum atomic E-state index is 11.4. The SMILES string of the molecule is COc1cc(/C=N\Nc2nc(C)c(C(C)=O)s2)cc(Cl)c1O. The normalized spacial score (nSPS) is 10.9. The van der Waals surface area contributed by atoms with E-state index in [1.807, 2.05) is 0 Å². The van der Waals surface area contributed by atoms with E-state index < -0.39 is 0 Å². The van der Waals surface area contributed by atoms with Crippen molar-refractivity contribution in [1.29, 1.82) is 0 Å². The number of anilines is 1. The third-order valence-electron chi connectivity index (χ3n) is 2.76. The summed E-state index contributed by atoms with van der Waals surface area (Å²) in [6.07, 6.45) is 1.51. The van der Waals surface area contributed by atoms with E-state index in [1.165, 1.54) is 31.6 Å². The van der Waals surface area contributed by atoms with Gasteiger partial charge in [-0.05, 0) is 24.6 Å². The lowest BCUT2D eigenvalue weighted by Gasteiger charge is -2.05. The number of nitrogens with zero attached hydrogens (tertiary/aromatic N) is 2. The number of ketones is 1. The average molecular weight is 340 g/mol. The maximum Gasteiger partial charge on any atom is 0.204 e. The zero-order chi connectivity index (χ0) is 16.3. The van der Waals surface area contributed by atoms with Crippen molar-refractivity contribution in [1.82, 2.24) is 4.98 Å². The lowest BCUT2D eigenvalue weighted by atomic mass is 10.2. The standard InChI is InChI=1S/C14H14ClN3O3S/c1-7-13(8(2)19)22-14(17-7)18-16-6-9-4-10(15)12(20)11(5-9)21-3/h4-6,20H,1-3H3,(H,17,18)/b16-6-. The van der Waals surface area contributed by atoms with Crippen LogP contribution in [-0.2, 0) is 0 Å². The van der Waals surface area contributed by atoms with Crippen molar-refractivity contribution >= 4 is 40.1 Å². The second-order valence-electron chi connectivity index (χ2n) is 4.41. The van der Waals surface area contributed by atoms with Crippen LogP contribution in [0.2, 0.25) is 5.02 Å². The van der Waals surface area contributed by atoms with Gasteiger partial charge < -0.3 is 9.84 Å². The number of carbonyl (C=O) groups is 1. The molecule has 1 aromatic carbocycles. The number of rotatable bonds is 5. The summed E-state index contributed by atoms with van der Waals surface area (Å²) in [6, 6.07) is 3.15. The van der Waals surface area contributed by atoms with E-state index in [9.17, 15) is 9.90 Å². The Labute approximate surface area is 136 Å². The molecule has 0 amide bonds. The van der Waals surface area contributed by atoms with Crippen LogP contribution in [-0.4, -0.2) is 29.2 Å².